The van der Waals surface area contributed by atoms with E-state index in [0.717, 1.165) is 50.4 Å². The van der Waals surface area contributed by atoms with Crippen molar-refractivity contribution in [3.8, 4) is 0 Å². The van der Waals surface area contributed by atoms with Gasteiger partial charge in [0.15, 0.2) is 5.78 Å². The van der Waals surface area contributed by atoms with Gasteiger partial charge < -0.3 is 19.6 Å². The maximum absolute atomic E-state index is 13.8. The number of unbranched alkanes of at least 4 members (excludes halogenated alkanes) is 18. The average Bonchev–Trinajstić information content (AvgIpc) is 3.83. The predicted molar refractivity (Wildman–Crippen MR) is 209 cm³/mol. The van der Waals surface area contributed by atoms with Crippen molar-refractivity contribution in [2.24, 2.45) is 17.8 Å². The van der Waals surface area contributed by atoms with E-state index in [2.05, 4.69) is 13.8 Å². The lowest BCUT2D eigenvalue weighted by molar-refractivity contribution is -0.873. The highest BCUT2D eigenvalue weighted by Crippen LogP contribution is 2.47. The normalized spacial score (nSPS) is 19.1. The lowest BCUT2D eigenvalue weighted by atomic mass is 9.87. The van der Waals surface area contributed by atoms with Gasteiger partial charge in [0.2, 0.25) is 5.78 Å². The number of hydrogen-bond acceptors (Lipinski definition) is 7. The SMILES string of the molecule is CCCCCCCCCCCCCCCC(=O)C(=O)C(CCCCCCC1CC1CCCCCC)C(C[N+](C)(C)C)OP(=O)(O)OC[C@H](O)CO. The molecule has 9 nitrogen and oxygen atoms in total. The summed E-state index contributed by atoms with van der Waals surface area (Å²) in [6.45, 7) is 3.51. The Kier molecular flexibility index (Phi) is 27.2. The third kappa shape index (κ3) is 25.9. The lowest BCUT2D eigenvalue weighted by Crippen LogP contribution is -2.47. The van der Waals surface area contributed by atoms with Gasteiger partial charge in [-0.05, 0) is 31.1 Å². The van der Waals surface area contributed by atoms with E-state index in [1.165, 1.54) is 109 Å². The minimum absolute atomic E-state index is 0.182. The average molecular weight is 747 g/mol. The zero-order valence-electron chi connectivity index (χ0n) is 33.7. The molecule has 10 heteroatoms. The van der Waals surface area contributed by atoms with Crippen LogP contribution >= 0.6 is 7.82 Å². The largest absolute Gasteiger partial charge is 0.472 e. The molecule has 6 atom stereocenters. The van der Waals surface area contributed by atoms with Crippen LogP contribution in [0.25, 0.3) is 0 Å². The van der Waals surface area contributed by atoms with Crippen LogP contribution in [-0.4, -0.2) is 84.3 Å². The molecule has 0 aromatic carbocycles. The molecule has 5 unspecified atom stereocenters. The molecular weight excluding hydrogens is 665 g/mol. The van der Waals surface area contributed by atoms with Crippen molar-refractivity contribution in [1.82, 2.24) is 0 Å². The Balaban J connectivity index is 2.67. The monoisotopic (exact) mass is 747 g/mol. The Labute approximate surface area is 313 Å². The molecule has 51 heavy (non-hydrogen) atoms. The number of carbonyl (C=O) groups excluding carboxylic acids is 2. The van der Waals surface area contributed by atoms with Crippen molar-refractivity contribution in [1.29, 1.82) is 0 Å². The minimum atomic E-state index is -4.69. The summed E-state index contributed by atoms with van der Waals surface area (Å²) in [5, 5.41) is 18.8. The molecule has 0 spiro atoms. The summed E-state index contributed by atoms with van der Waals surface area (Å²) in [4.78, 5) is 37.6. The van der Waals surface area contributed by atoms with E-state index in [1.54, 1.807) is 0 Å². The zero-order valence-corrected chi connectivity index (χ0v) is 34.6. The van der Waals surface area contributed by atoms with Gasteiger partial charge in [-0.25, -0.2) is 4.57 Å². The Morgan fingerprint density at radius 1 is 0.725 bits per heavy atom. The minimum Gasteiger partial charge on any atom is -0.394 e. The second-order valence-electron chi connectivity index (χ2n) is 16.7. The molecule has 3 N–H and O–H groups in total. The summed E-state index contributed by atoms with van der Waals surface area (Å²) in [5.74, 6) is -0.0328. The Bertz CT molecular complexity index is 941. The van der Waals surface area contributed by atoms with Gasteiger partial charge in [0, 0.05) is 6.42 Å². The number of carbonyl (C=O) groups is 2. The summed E-state index contributed by atoms with van der Waals surface area (Å²) in [6.07, 6.45) is 27.0. The molecule has 0 aromatic rings. The first kappa shape index (κ1) is 48.3. The number of phosphoric ester groups is 1. The van der Waals surface area contributed by atoms with Crippen LogP contribution < -0.4 is 0 Å². The summed E-state index contributed by atoms with van der Waals surface area (Å²) < 4.78 is 23.9. The third-order valence-corrected chi connectivity index (χ3v) is 11.6. The highest BCUT2D eigenvalue weighted by Gasteiger charge is 2.41. The van der Waals surface area contributed by atoms with E-state index in [0.29, 0.717) is 17.3 Å². The van der Waals surface area contributed by atoms with Crippen LogP contribution in [0.4, 0.5) is 0 Å². The quantitative estimate of drug-likeness (QED) is 0.0248. The molecule has 302 valence electrons. The van der Waals surface area contributed by atoms with Crippen LogP contribution in [0.2, 0.25) is 0 Å². The van der Waals surface area contributed by atoms with Crippen molar-refractivity contribution in [3.05, 3.63) is 0 Å². The zero-order chi connectivity index (χ0) is 38.0. The standard InChI is InChI=1S/C41H80NO8P/c1-6-8-10-12-13-14-15-16-17-18-19-20-26-30-39(45)41(46)38(29-25-22-21-24-28-36-31-35(36)27-23-11-9-7-2)40(32-42(3,4)5)50-51(47,48)49-34-37(44)33-43/h35-38,40,43-44H,6-34H2,1-5H3/p+1/t35?,36?,37-,38?,40?/m1/s1. The fourth-order valence-electron chi connectivity index (χ4n) is 7.30. The molecule has 0 saturated heterocycles. The van der Waals surface area contributed by atoms with E-state index < -0.39 is 50.7 Å². The van der Waals surface area contributed by atoms with Crippen molar-refractivity contribution >= 4 is 19.4 Å². The van der Waals surface area contributed by atoms with E-state index in [-0.39, 0.29) is 13.0 Å². The number of nitrogens with zero attached hydrogens (tertiary/aromatic N) is 1. The van der Waals surface area contributed by atoms with Crippen LogP contribution in [0.15, 0.2) is 0 Å². The highest BCUT2D eigenvalue weighted by molar-refractivity contribution is 7.47. The maximum Gasteiger partial charge on any atom is 0.472 e. The Hall–Kier alpha value is -0.670. The van der Waals surface area contributed by atoms with E-state index >= 15 is 0 Å². The molecule has 1 aliphatic rings. The molecule has 1 fully saturated rings. The molecule has 1 aliphatic carbocycles. The number of Topliss-reactive ketones (excluding diaryl/α,β-unsaturated/α-hetero) is 2. The fraction of sp³-hybridized carbons (Fsp3) is 0.951. The van der Waals surface area contributed by atoms with Crippen molar-refractivity contribution < 1.29 is 42.8 Å². The van der Waals surface area contributed by atoms with Crippen LogP contribution in [0, 0.1) is 17.8 Å². The molecule has 0 heterocycles. The Morgan fingerprint density at radius 2 is 1.18 bits per heavy atom. The van der Waals surface area contributed by atoms with Crippen molar-refractivity contribution in [2.75, 3.05) is 40.9 Å². The lowest BCUT2D eigenvalue weighted by Gasteiger charge is -2.33. The Morgan fingerprint density at radius 3 is 1.67 bits per heavy atom. The highest BCUT2D eigenvalue weighted by atomic mass is 31.2. The topological polar surface area (TPSA) is 130 Å². The van der Waals surface area contributed by atoms with Gasteiger partial charge in [-0.15, -0.1) is 0 Å². The molecule has 0 bridgehead atoms. The number of aliphatic hydroxyl groups excluding tert-OH is 2. The summed E-state index contributed by atoms with van der Waals surface area (Å²) in [6, 6.07) is 0. The van der Waals surface area contributed by atoms with Gasteiger partial charge in [0.25, 0.3) is 0 Å². The number of likely N-dealkylation sites (N-methyl/N-ethyl adjacent to an activating group) is 1. The predicted octanol–water partition coefficient (Wildman–Crippen LogP) is 9.73. The summed E-state index contributed by atoms with van der Waals surface area (Å²) in [7, 11) is 1.02. The number of hydrogen-bond donors (Lipinski definition) is 3. The van der Waals surface area contributed by atoms with Gasteiger partial charge in [-0.2, -0.15) is 0 Å². The van der Waals surface area contributed by atoms with Gasteiger partial charge in [-0.1, -0.05) is 155 Å². The molecule has 1 rings (SSSR count). The maximum atomic E-state index is 13.8. The van der Waals surface area contributed by atoms with Crippen LogP contribution in [0.5, 0.6) is 0 Å². The first-order valence-corrected chi connectivity index (χ1v) is 22.6. The fourth-order valence-corrected chi connectivity index (χ4v) is 8.28. The number of phosphoric acid groups is 1. The molecule has 0 aliphatic heterocycles. The smallest absolute Gasteiger partial charge is 0.394 e. The summed E-state index contributed by atoms with van der Waals surface area (Å²) >= 11 is 0. The van der Waals surface area contributed by atoms with Gasteiger partial charge in [0.1, 0.15) is 18.8 Å². The van der Waals surface area contributed by atoms with Crippen molar-refractivity contribution in [2.45, 2.75) is 193 Å². The molecule has 0 radical (unpaired) electrons. The van der Waals surface area contributed by atoms with E-state index in [1.807, 2.05) is 21.1 Å². The molecule has 0 aromatic heterocycles. The second kappa shape index (κ2) is 28.7. The number of ketones is 2. The number of rotatable bonds is 37. The molecule has 0 amide bonds. The molecule has 1 saturated carbocycles. The summed E-state index contributed by atoms with van der Waals surface area (Å²) in [5.41, 5.74) is 0. The number of quaternary nitrogens is 1. The number of aliphatic hydroxyl groups is 2. The first-order chi connectivity index (χ1) is 24.3. The van der Waals surface area contributed by atoms with Gasteiger partial charge >= 0.3 is 7.82 Å². The van der Waals surface area contributed by atoms with Gasteiger partial charge in [0.05, 0.1) is 40.3 Å². The van der Waals surface area contributed by atoms with Crippen LogP contribution in [0.3, 0.4) is 0 Å². The van der Waals surface area contributed by atoms with Gasteiger partial charge in [-0.3, -0.25) is 18.6 Å². The second-order valence-corrected chi connectivity index (χ2v) is 18.1. The van der Waals surface area contributed by atoms with Crippen LogP contribution in [-0.2, 0) is 23.2 Å². The van der Waals surface area contributed by atoms with E-state index in [4.69, 9.17) is 14.2 Å². The third-order valence-electron chi connectivity index (χ3n) is 10.5. The molecular formula is C41H81NO8P+. The van der Waals surface area contributed by atoms with Crippen LogP contribution in [0.1, 0.15) is 181 Å². The first-order valence-electron chi connectivity index (χ1n) is 21.2. The van der Waals surface area contributed by atoms with Crippen molar-refractivity contribution in [3.63, 3.8) is 0 Å². The van der Waals surface area contributed by atoms with E-state index in [9.17, 15) is 24.2 Å².